The first-order valence-electron chi connectivity index (χ1n) is 5.42. The lowest BCUT2D eigenvalue weighted by Crippen LogP contribution is -2.24. The zero-order valence-corrected chi connectivity index (χ0v) is 10.9. The minimum absolute atomic E-state index is 0.122. The highest BCUT2D eigenvalue weighted by Crippen LogP contribution is 2.13. The molecule has 20 heavy (non-hydrogen) atoms. The summed E-state index contributed by atoms with van der Waals surface area (Å²) in [4.78, 5) is 25.6. The molecule has 1 heterocycles. The van der Waals surface area contributed by atoms with E-state index in [-0.39, 0.29) is 18.9 Å². The molecular weight excluding hydrogens is 274 g/mol. The van der Waals surface area contributed by atoms with Crippen LogP contribution in [0.1, 0.15) is 24.3 Å². The van der Waals surface area contributed by atoms with Gasteiger partial charge in [0.05, 0.1) is 6.61 Å². The molecule has 1 rings (SSSR count). The molecule has 0 fully saturated rings. The van der Waals surface area contributed by atoms with Gasteiger partial charge in [0.2, 0.25) is 11.8 Å². The van der Waals surface area contributed by atoms with Crippen LogP contribution in [0, 0.1) is 15.5 Å². The Balaban J connectivity index is 0.00000110. The molecule has 0 aliphatic heterocycles. The second-order valence-electron chi connectivity index (χ2n) is 3.02. The van der Waals surface area contributed by atoms with Crippen LogP contribution in [0.15, 0.2) is 6.07 Å². The number of esters is 1. The van der Waals surface area contributed by atoms with E-state index in [2.05, 4.69) is 14.7 Å². The van der Waals surface area contributed by atoms with Gasteiger partial charge in [0.15, 0.2) is 5.69 Å². The maximum atomic E-state index is 11.3. The van der Waals surface area contributed by atoms with Gasteiger partial charge in [0.25, 0.3) is 0 Å². The van der Waals surface area contributed by atoms with Crippen LogP contribution >= 0.6 is 0 Å². The van der Waals surface area contributed by atoms with Crippen molar-refractivity contribution in [2.45, 2.75) is 13.8 Å². The number of carbonyl (C=O) groups is 1. The number of hydrogen-bond donors (Lipinski definition) is 3. The van der Waals surface area contributed by atoms with Crippen molar-refractivity contribution >= 4 is 11.9 Å². The van der Waals surface area contributed by atoms with Crippen molar-refractivity contribution in [3.05, 3.63) is 21.9 Å². The fourth-order valence-electron chi connectivity index (χ4n) is 0.983. The van der Waals surface area contributed by atoms with E-state index in [1.165, 1.54) is 0 Å². The molecule has 0 atom stereocenters. The third-order valence-corrected chi connectivity index (χ3v) is 1.56. The number of aliphatic hydroxyl groups is 1. The molecule has 0 unspecified atom stereocenters. The molecule has 11 heteroatoms. The molecule has 1 aromatic rings. The number of hydrogen-bond acceptors (Lipinski definition) is 8. The number of aliphatic hydroxyl groups excluding tert-OH is 1. The molecule has 0 aliphatic rings. The highest BCUT2D eigenvalue weighted by molar-refractivity contribution is 5.89. The van der Waals surface area contributed by atoms with Crippen LogP contribution < -0.4 is 10.6 Å². The van der Waals surface area contributed by atoms with Crippen LogP contribution in [-0.4, -0.2) is 45.1 Å². The molecule has 0 aromatic carbocycles. The van der Waals surface area contributed by atoms with Crippen molar-refractivity contribution in [1.29, 1.82) is 5.41 Å². The number of nitrogens with one attached hydrogen (secondary N) is 1. The van der Waals surface area contributed by atoms with E-state index in [1.54, 1.807) is 13.8 Å². The van der Waals surface area contributed by atoms with Gasteiger partial charge in [-0.3, -0.25) is 10.2 Å². The average molecular weight is 289 g/mol. The van der Waals surface area contributed by atoms with Crippen molar-refractivity contribution < 1.29 is 24.6 Å². The Hall–Kier alpha value is -2.69. The SMILES string of the molecule is CCO.CCOC(=O)c1cc(O[N+](=O)[O-])n(C(=N)N)n1. The Morgan fingerprint density at radius 3 is 2.60 bits per heavy atom. The van der Waals surface area contributed by atoms with Crippen molar-refractivity contribution in [1.82, 2.24) is 9.78 Å². The summed E-state index contributed by atoms with van der Waals surface area (Å²) in [5.74, 6) is -1.87. The van der Waals surface area contributed by atoms with Crippen LogP contribution in [0.2, 0.25) is 0 Å². The molecule has 0 aliphatic carbocycles. The van der Waals surface area contributed by atoms with Crippen molar-refractivity contribution in [2.24, 2.45) is 5.73 Å². The lowest BCUT2D eigenvalue weighted by Gasteiger charge is -2.00. The van der Waals surface area contributed by atoms with E-state index >= 15 is 0 Å². The molecule has 0 saturated heterocycles. The maximum absolute atomic E-state index is 11.3. The molecule has 0 amide bonds. The van der Waals surface area contributed by atoms with Gasteiger partial charge in [-0.1, -0.05) is 0 Å². The lowest BCUT2D eigenvalue weighted by molar-refractivity contribution is -0.712. The third kappa shape index (κ3) is 5.30. The summed E-state index contributed by atoms with van der Waals surface area (Å²) in [5.41, 5.74) is 4.87. The van der Waals surface area contributed by atoms with Crippen LogP contribution in [0.25, 0.3) is 0 Å². The number of ether oxygens (including phenoxy) is 1. The molecule has 1 aromatic heterocycles. The van der Waals surface area contributed by atoms with E-state index in [1.807, 2.05) is 0 Å². The van der Waals surface area contributed by atoms with Gasteiger partial charge >= 0.3 is 11.1 Å². The summed E-state index contributed by atoms with van der Waals surface area (Å²) in [6.07, 6.45) is 0. The number of nitrogen functional groups attached to an aromatic ring is 1. The topological polar surface area (TPSA) is 167 Å². The first-order chi connectivity index (χ1) is 9.37. The normalized spacial score (nSPS) is 9.15. The minimum Gasteiger partial charge on any atom is -0.461 e. The highest BCUT2D eigenvalue weighted by atomic mass is 17.0. The maximum Gasteiger partial charge on any atom is 0.358 e. The van der Waals surface area contributed by atoms with Crippen LogP contribution in [0.5, 0.6) is 5.88 Å². The summed E-state index contributed by atoms with van der Waals surface area (Å²) in [7, 11) is 0. The number of rotatable bonds is 4. The molecule has 112 valence electrons. The predicted octanol–water partition coefficient (Wildman–Crippen LogP) is -0.630. The first-order valence-corrected chi connectivity index (χ1v) is 5.42. The van der Waals surface area contributed by atoms with E-state index in [4.69, 9.17) is 16.2 Å². The third-order valence-electron chi connectivity index (χ3n) is 1.56. The Kier molecular flexibility index (Phi) is 7.29. The highest BCUT2D eigenvalue weighted by Gasteiger charge is 2.18. The van der Waals surface area contributed by atoms with Gasteiger partial charge in [-0.25, -0.2) is 4.79 Å². The van der Waals surface area contributed by atoms with E-state index in [0.717, 1.165) is 6.07 Å². The number of nitrogens with zero attached hydrogens (tertiary/aromatic N) is 3. The van der Waals surface area contributed by atoms with E-state index < -0.39 is 22.9 Å². The van der Waals surface area contributed by atoms with Gasteiger partial charge in [0.1, 0.15) is 0 Å². The summed E-state index contributed by atoms with van der Waals surface area (Å²) < 4.78 is 5.24. The Morgan fingerprint density at radius 2 is 2.20 bits per heavy atom. The second kappa shape index (κ2) is 8.42. The Labute approximate surface area is 113 Å². The molecule has 11 nitrogen and oxygen atoms in total. The van der Waals surface area contributed by atoms with Crippen LogP contribution in [-0.2, 0) is 4.74 Å². The monoisotopic (exact) mass is 289 g/mol. The average Bonchev–Trinajstić information content (AvgIpc) is 2.73. The first kappa shape index (κ1) is 17.3. The Morgan fingerprint density at radius 1 is 1.65 bits per heavy atom. The number of aromatic nitrogens is 2. The minimum atomic E-state index is -1.11. The van der Waals surface area contributed by atoms with Gasteiger partial charge in [0, 0.05) is 12.7 Å². The van der Waals surface area contributed by atoms with Gasteiger partial charge < -0.3 is 15.6 Å². The summed E-state index contributed by atoms with van der Waals surface area (Å²) >= 11 is 0. The largest absolute Gasteiger partial charge is 0.461 e. The van der Waals surface area contributed by atoms with E-state index in [9.17, 15) is 14.9 Å². The van der Waals surface area contributed by atoms with Gasteiger partial charge in [-0.15, -0.1) is 10.1 Å². The smallest absolute Gasteiger partial charge is 0.358 e. The summed E-state index contributed by atoms with van der Waals surface area (Å²) in [6, 6.07) is 0.961. The quantitative estimate of drug-likeness (QED) is 0.216. The standard InChI is InChI=1S/C7H9N5O5.C2H6O/c1-2-16-6(13)4-3-5(17-12(14)15)11(10-4)7(8)9;1-2-3/h3H,2H2,1H3,(H3,8,9);3H,2H2,1H3. The molecular formula is C9H15N5O6. The summed E-state index contributed by atoms with van der Waals surface area (Å²) in [5, 5.41) is 27.3. The predicted molar refractivity (Wildman–Crippen MR) is 65.9 cm³/mol. The van der Waals surface area contributed by atoms with Crippen molar-refractivity contribution in [3.63, 3.8) is 0 Å². The molecule has 0 radical (unpaired) electrons. The molecule has 0 bridgehead atoms. The van der Waals surface area contributed by atoms with Gasteiger partial charge in [-0.05, 0) is 13.8 Å². The van der Waals surface area contributed by atoms with Crippen molar-refractivity contribution in [3.8, 4) is 5.88 Å². The van der Waals surface area contributed by atoms with Crippen LogP contribution in [0.3, 0.4) is 0 Å². The van der Waals surface area contributed by atoms with Gasteiger partial charge in [-0.2, -0.15) is 9.78 Å². The lowest BCUT2D eigenvalue weighted by atomic mass is 10.4. The zero-order chi connectivity index (χ0) is 15.7. The van der Waals surface area contributed by atoms with Crippen molar-refractivity contribution in [2.75, 3.05) is 13.2 Å². The molecule has 4 N–H and O–H groups in total. The number of nitrogens with two attached hydrogens (primary N) is 1. The molecule has 0 spiro atoms. The fourth-order valence-corrected chi connectivity index (χ4v) is 0.983. The zero-order valence-electron chi connectivity index (χ0n) is 10.9. The van der Waals surface area contributed by atoms with E-state index in [0.29, 0.717) is 4.68 Å². The Bertz CT molecular complexity index is 485. The fraction of sp³-hybridized carbons (Fsp3) is 0.444. The molecule has 0 saturated carbocycles. The van der Waals surface area contributed by atoms with Crippen LogP contribution in [0.4, 0.5) is 0 Å². The number of carbonyl (C=O) groups excluding carboxylic acids is 1. The second-order valence-corrected chi connectivity index (χ2v) is 3.02. The summed E-state index contributed by atoms with van der Waals surface area (Å²) in [6.45, 7) is 3.64.